The predicted octanol–water partition coefficient (Wildman–Crippen LogP) is 3.32. The molecule has 0 fully saturated rings. The number of allylic oxidation sites excluding steroid dienone is 1. The number of carbonyl (C=O) groups is 2. The maximum Gasteiger partial charge on any atom is 0.338 e. The van der Waals surface area contributed by atoms with Crippen LogP contribution in [0.25, 0.3) is 0 Å². The van der Waals surface area contributed by atoms with Gasteiger partial charge >= 0.3 is 12.0 Å². The van der Waals surface area contributed by atoms with Crippen LogP contribution >= 0.6 is 23.4 Å². The SMILES string of the molecule is CCSCCOC(=O)C1=C(C)N(C)C(=O)N[C@H]1c1cc(Cl)c(O)c(OC)c1. The van der Waals surface area contributed by atoms with E-state index >= 15 is 0 Å². The van der Waals surface area contributed by atoms with E-state index in [1.165, 1.54) is 24.1 Å². The number of halogens is 1. The summed E-state index contributed by atoms with van der Waals surface area (Å²) >= 11 is 7.74. The number of urea groups is 1. The lowest BCUT2D eigenvalue weighted by molar-refractivity contribution is -0.139. The molecule has 2 amide bonds. The Bertz CT molecular complexity index is 768. The van der Waals surface area contributed by atoms with Gasteiger partial charge in [-0.05, 0) is 30.4 Å². The molecule has 0 spiro atoms. The average molecular weight is 415 g/mol. The lowest BCUT2D eigenvalue weighted by Gasteiger charge is -2.33. The Balaban J connectivity index is 2.42. The Kier molecular flexibility index (Phi) is 7.26. The zero-order chi connectivity index (χ0) is 20.1. The number of phenolic OH excluding ortho intramolecular Hbond substituents is 1. The van der Waals surface area contributed by atoms with Crippen LogP contribution in [0.2, 0.25) is 5.02 Å². The number of esters is 1. The molecule has 0 saturated carbocycles. The van der Waals surface area contributed by atoms with E-state index in [9.17, 15) is 14.7 Å². The van der Waals surface area contributed by atoms with Gasteiger partial charge in [0.1, 0.15) is 6.61 Å². The summed E-state index contributed by atoms with van der Waals surface area (Å²) in [6.45, 7) is 3.99. The summed E-state index contributed by atoms with van der Waals surface area (Å²) in [7, 11) is 2.97. The summed E-state index contributed by atoms with van der Waals surface area (Å²) in [6.07, 6.45) is 0. The highest BCUT2D eigenvalue weighted by molar-refractivity contribution is 7.99. The van der Waals surface area contributed by atoms with E-state index in [-0.39, 0.29) is 29.2 Å². The number of amides is 2. The van der Waals surface area contributed by atoms with Crippen LogP contribution in [0.3, 0.4) is 0 Å². The Labute approximate surface area is 167 Å². The van der Waals surface area contributed by atoms with Crippen molar-refractivity contribution in [3.63, 3.8) is 0 Å². The van der Waals surface area contributed by atoms with Gasteiger partial charge in [-0.2, -0.15) is 11.8 Å². The highest BCUT2D eigenvalue weighted by atomic mass is 35.5. The van der Waals surface area contributed by atoms with Crippen molar-refractivity contribution in [2.45, 2.75) is 19.9 Å². The van der Waals surface area contributed by atoms with E-state index in [1.807, 2.05) is 6.92 Å². The van der Waals surface area contributed by atoms with Crippen molar-refractivity contribution in [1.82, 2.24) is 10.2 Å². The molecule has 0 saturated heterocycles. The molecule has 1 heterocycles. The number of nitrogens with one attached hydrogen (secondary N) is 1. The molecule has 1 aliphatic heterocycles. The molecule has 1 aliphatic rings. The van der Waals surface area contributed by atoms with Crippen molar-refractivity contribution in [3.05, 3.63) is 34.0 Å². The molecule has 0 bridgehead atoms. The number of phenols is 1. The van der Waals surface area contributed by atoms with Crippen LogP contribution in [-0.4, -0.2) is 54.3 Å². The molecule has 148 valence electrons. The summed E-state index contributed by atoms with van der Waals surface area (Å²) in [4.78, 5) is 26.4. The average Bonchev–Trinajstić information content (AvgIpc) is 2.64. The third kappa shape index (κ3) is 4.62. The highest BCUT2D eigenvalue weighted by Gasteiger charge is 2.35. The van der Waals surface area contributed by atoms with E-state index < -0.39 is 12.0 Å². The number of benzene rings is 1. The number of hydrogen-bond donors (Lipinski definition) is 2. The first-order valence-electron chi connectivity index (χ1n) is 8.38. The zero-order valence-electron chi connectivity index (χ0n) is 15.7. The second-order valence-electron chi connectivity index (χ2n) is 5.83. The third-order valence-corrected chi connectivity index (χ3v) is 5.39. The quantitative estimate of drug-likeness (QED) is 0.525. The van der Waals surface area contributed by atoms with Crippen LogP contribution in [0.1, 0.15) is 25.5 Å². The van der Waals surface area contributed by atoms with Gasteiger partial charge in [-0.1, -0.05) is 18.5 Å². The number of ether oxygens (including phenoxy) is 2. The van der Waals surface area contributed by atoms with Crippen LogP contribution in [0.4, 0.5) is 4.79 Å². The van der Waals surface area contributed by atoms with Crippen LogP contribution in [0, 0.1) is 0 Å². The predicted molar refractivity (Wildman–Crippen MR) is 105 cm³/mol. The minimum Gasteiger partial charge on any atom is -0.503 e. The van der Waals surface area contributed by atoms with Gasteiger partial charge in [0, 0.05) is 18.5 Å². The molecule has 0 unspecified atom stereocenters. The van der Waals surface area contributed by atoms with E-state index in [0.717, 1.165) is 5.75 Å². The van der Waals surface area contributed by atoms with E-state index in [4.69, 9.17) is 21.1 Å². The largest absolute Gasteiger partial charge is 0.503 e. The minimum absolute atomic E-state index is 0.0576. The van der Waals surface area contributed by atoms with Crippen molar-refractivity contribution in [1.29, 1.82) is 0 Å². The van der Waals surface area contributed by atoms with Crippen LogP contribution in [0.5, 0.6) is 11.5 Å². The van der Waals surface area contributed by atoms with Gasteiger partial charge in [-0.15, -0.1) is 0 Å². The Morgan fingerprint density at radius 1 is 1.44 bits per heavy atom. The molecular weight excluding hydrogens is 392 g/mol. The van der Waals surface area contributed by atoms with Crippen LogP contribution in [0.15, 0.2) is 23.4 Å². The van der Waals surface area contributed by atoms with Crippen molar-refractivity contribution in [2.24, 2.45) is 0 Å². The van der Waals surface area contributed by atoms with Gasteiger partial charge in [0.25, 0.3) is 0 Å². The smallest absolute Gasteiger partial charge is 0.338 e. The minimum atomic E-state index is -0.771. The Hall–Kier alpha value is -2.06. The van der Waals surface area contributed by atoms with E-state index in [2.05, 4.69) is 5.32 Å². The van der Waals surface area contributed by atoms with Crippen LogP contribution in [-0.2, 0) is 9.53 Å². The summed E-state index contributed by atoms with van der Waals surface area (Å²) in [6, 6.07) is 1.89. The molecule has 27 heavy (non-hydrogen) atoms. The zero-order valence-corrected chi connectivity index (χ0v) is 17.2. The molecule has 7 nitrogen and oxygen atoms in total. The van der Waals surface area contributed by atoms with Gasteiger partial charge in [0.15, 0.2) is 11.5 Å². The summed E-state index contributed by atoms with van der Waals surface area (Å²) in [5.74, 6) is 1.07. The third-order valence-electron chi connectivity index (χ3n) is 4.24. The number of rotatable bonds is 7. The van der Waals surface area contributed by atoms with Gasteiger partial charge in [-0.25, -0.2) is 9.59 Å². The normalized spacial score (nSPS) is 17.0. The second-order valence-corrected chi connectivity index (χ2v) is 7.63. The number of methoxy groups -OCH3 is 1. The summed E-state index contributed by atoms with van der Waals surface area (Å²) < 4.78 is 10.5. The monoisotopic (exact) mass is 414 g/mol. The number of aromatic hydroxyl groups is 1. The summed E-state index contributed by atoms with van der Waals surface area (Å²) in [5, 5.41) is 12.8. The fourth-order valence-corrected chi connectivity index (χ4v) is 3.39. The molecule has 2 N–H and O–H groups in total. The fraction of sp³-hybridized carbons (Fsp3) is 0.444. The molecular formula is C18H23ClN2O5S. The topological polar surface area (TPSA) is 88.1 Å². The maximum atomic E-state index is 12.7. The number of hydrogen-bond acceptors (Lipinski definition) is 6. The van der Waals surface area contributed by atoms with Gasteiger partial charge in [0.2, 0.25) is 0 Å². The molecule has 9 heteroatoms. The first-order valence-corrected chi connectivity index (χ1v) is 9.91. The van der Waals surface area contributed by atoms with Crippen LogP contribution < -0.4 is 10.1 Å². The first-order chi connectivity index (χ1) is 12.8. The summed E-state index contributed by atoms with van der Waals surface area (Å²) in [5.41, 5.74) is 1.30. The molecule has 2 rings (SSSR count). The van der Waals surface area contributed by atoms with Gasteiger partial charge in [0.05, 0.1) is 23.7 Å². The first kappa shape index (κ1) is 21.2. The second kappa shape index (κ2) is 9.23. The van der Waals surface area contributed by atoms with E-state index in [1.54, 1.807) is 25.7 Å². The van der Waals surface area contributed by atoms with Crippen molar-refractivity contribution in [3.8, 4) is 11.5 Å². The molecule has 0 aliphatic carbocycles. The lowest BCUT2D eigenvalue weighted by atomic mass is 9.94. The maximum absolute atomic E-state index is 12.7. The molecule has 0 radical (unpaired) electrons. The molecule has 0 aromatic heterocycles. The van der Waals surface area contributed by atoms with Gasteiger partial charge < -0.3 is 24.8 Å². The standard InChI is InChI=1S/C18H23ClN2O5S/c1-5-27-7-6-26-17(23)14-10(2)21(3)18(24)20-15(14)11-8-12(19)16(22)13(9-11)25-4/h8-9,15,22H,5-7H2,1-4H3,(H,20,24)/t15-/m0/s1. The molecule has 1 aromatic rings. The lowest BCUT2D eigenvalue weighted by Crippen LogP contribution is -2.46. The number of thioether (sulfide) groups is 1. The fourth-order valence-electron chi connectivity index (χ4n) is 2.68. The Morgan fingerprint density at radius 3 is 2.78 bits per heavy atom. The van der Waals surface area contributed by atoms with Crippen molar-refractivity contribution < 1.29 is 24.2 Å². The van der Waals surface area contributed by atoms with Crippen molar-refractivity contribution >= 4 is 35.4 Å². The Morgan fingerprint density at radius 2 is 2.15 bits per heavy atom. The van der Waals surface area contributed by atoms with E-state index in [0.29, 0.717) is 22.6 Å². The molecule has 1 atom stereocenters. The molecule has 1 aromatic carbocycles. The number of carbonyl (C=O) groups excluding carboxylic acids is 2. The number of nitrogens with zero attached hydrogens (tertiary/aromatic N) is 1. The van der Waals surface area contributed by atoms with Gasteiger partial charge in [-0.3, -0.25) is 0 Å². The van der Waals surface area contributed by atoms with Crippen molar-refractivity contribution in [2.75, 3.05) is 32.3 Å². The highest BCUT2D eigenvalue weighted by Crippen LogP contribution is 2.39.